The van der Waals surface area contributed by atoms with Crippen molar-refractivity contribution in [1.82, 2.24) is 0 Å². The number of carbonyl (C=O) groups excluding carboxylic acids is 2. The van der Waals surface area contributed by atoms with Gasteiger partial charge >= 0.3 is 0 Å². The molecule has 1 unspecified atom stereocenters. The summed E-state index contributed by atoms with van der Waals surface area (Å²) < 4.78 is 0. The molecule has 0 aromatic heterocycles. The van der Waals surface area contributed by atoms with Gasteiger partial charge in [-0.25, -0.2) is 0 Å². The minimum absolute atomic E-state index is 0.117. The van der Waals surface area contributed by atoms with Crippen LogP contribution in [0.3, 0.4) is 0 Å². The first-order valence-electron chi connectivity index (χ1n) is 8.22. The molecule has 2 amide bonds. The van der Waals surface area contributed by atoms with E-state index in [1.165, 1.54) is 0 Å². The van der Waals surface area contributed by atoms with Gasteiger partial charge in [0.15, 0.2) is 0 Å². The molecule has 1 aliphatic rings. The van der Waals surface area contributed by atoms with Gasteiger partial charge in [0, 0.05) is 17.9 Å². The van der Waals surface area contributed by atoms with Crippen LogP contribution in [0.5, 0.6) is 0 Å². The maximum atomic E-state index is 12.7. The monoisotopic (exact) mass is 322 g/mol. The lowest BCUT2D eigenvalue weighted by Crippen LogP contribution is -2.33. The van der Waals surface area contributed by atoms with E-state index in [4.69, 9.17) is 0 Å². The summed E-state index contributed by atoms with van der Waals surface area (Å²) >= 11 is 0. The fourth-order valence-corrected chi connectivity index (χ4v) is 3.06. The van der Waals surface area contributed by atoms with Crippen molar-refractivity contribution in [2.75, 3.05) is 16.8 Å². The van der Waals surface area contributed by atoms with Crippen LogP contribution in [-0.4, -0.2) is 18.4 Å². The van der Waals surface area contributed by atoms with Gasteiger partial charge in [0.1, 0.15) is 5.92 Å². The van der Waals surface area contributed by atoms with Crippen LogP contribution in [0.1, 0.15) is 23.1 Å². The number of rotatable bonds is 3. The number of anilines is 2. The standard InChI is InChI=1S/C20H22N2O2/c1-13-7-9-16(10-8-13)21-19(23)17-11-12-22(20(17)24)18-6-4-5-14(2)15(18)3/h4-10,17H,11-12H2,1-3H3,(H,21,23). The molecule has 0 saturated carbocycles. The van der Waals surface area contributed by atoms with Crippen molar-refractivity contribution >= 4 is 23.2 Å². The van der Waals surface area contributed by atoms with Crippen molar-refractivity contribution in [3.05, 3.63) is 59.2 Å². The number of hydrogen-bond acceptors (Lipinski definition) is 2. The van der Waals surface area contributed by atoms with Crippen molar-refractivity contribution < 1.29 is 9.59 Å². The Kier molecular flexibility index (Phi) is 4.38. The summed E-state index contributed by atoms with van der Waals surface area (Å²) in [6.45, 7) is 6.61. The lowest BCUT2D eigenvalue weighted by Gasteiger charge is -2.20. The largest absolute Gasteiger partial charge is 0.325 e. The minimum atomic E-state index is -0.619. The number of nitrogens with one attached hydrogen (secondary N) is 1. The highest BCUT2D eigenvalue weighted by Crippen LogP contribution is 2.30. The van der Waals surface area contributed by atoms with Crippen LogP contribution < -0.4 is 10.2 Å². The van der Waals surface area contributed by atoms with E-state index in [2.05, 4.69) is 5.32 Å². The number of aryl methyl sites for hydroxylation is 2. The highest BCUT2D eigenvalue weighted by molar-refractivity contribution is 6.13. The molecule has 0 spiro atoms. The molecule has 2 aromatic rings. The third kappa shape index (κ3) is 3.04. The topological polar surface area (TPSA) is 49.4 Å². The Morgan fingerprint density at radius 3 is 2.50 bits per heavy atom. The molecule has 3 rings (SSSR count). The van der Waals surface area contributed by atoms with Gasteiger partial charge in [-0.05, 0) is 56.5 Å². The molecule has 0 aliphatic carbocycles. The normalized spacial score (nSPS) is 17.2. The van der Waals surface area contributed by atoms with E-state index in [0.717, 1.165) is 28.1 Å². The van der Waals surface area contributed by atoms with Crippen LogP contribution in [0.2, 0.25) is 0 Å². The molecule has 124 valence electrons. The Morgan fingerprint density at radius 1 is 1.08 bits per heavy atom. The van der Waals surface area contributed by atoms with Crippen LogP contribution in [-0.2, 0) is 9.59 Å². The van der Waals surface area contributed by atoms with Crippen molar-refractivity contribution in [1.29, 1.82) is 0 Å². The summed E-state index contributed by atoms with van der Waals surface area (Å²) in [5.41, 5.74) is 5.00. The van der Waals surface area contributed by atoms with E-state index < -0.39 is 5.92 Å². The van der Waals surface area contributed by atoms with Crippen LogP contribution in [0.15, 0.2) is 42.5 Å². The van der Waals surface area contributed by atoms with Gasteiger partial charge in [-0.2, -0.15) is 0 Å². The molecule has 1 heterocycles. The molecule has 0 bridgehead atoms. The van der Waals surface area contributed by atoms with Gasteiger partial charge in [0.2, 0.25) is 11.8 Å². The van der Waals surface area contributed by atoms with Gasteiger partial charge in [-0.3, -0.25) is 9.59 Å². The lowest BCUT2D eigenvalue weighted by molar-refractivity contribution is -0.129. The van der Waals surface area contributed by atoms with Gasteiger partial charge in [-0.1, -0.05) is 29.8 Å². The molecule has 0 radical (unpaired) electrons. The Balaban J connectivity index is 1.75. The molecular weight excluding hydrogens is 300 g/mol. The van der Waals surface area contributed by atoms with E-state index in [1.54, 1.807) is 4.90 Å². The third-order valence-corrected chi connectivity index (χ3v) is 4.71. The van der Waals surface area contributed by atoms with Gasteiger partial charge in [0.25, 0.3) is 0 Å². The Labute approximate surface area is 142 Å². The maximum Gasteiger partial charge on any atom is 0.239 e. The zero-order valence-electron chi connectivity index (χ0n) is 14.3. The number of hydrogen-bond donors (Lipinski definition) is 1. The average Bonchev–Trinajstić information content (AvgIpc) is 2.94. The quantitative estimate of drug-likeness (QED) is 0.878. The molecule has 4 heteroatoms. The zero-order chi connectivity index (χ0) is 17.3. The van der Waals surface area contributed by atoms with Gasteiger partial charge in [-0.15, -0.1) is 0 Å². The van der Waals surface area contributed by atoms with Crippen molar-refractivity contribution in [3.8, 4) is 0 Å². The summed E-state index contributed by atoms with van der Waals surface area (Å²) in [5, 5.41) is 2.85. The summed E-state index contributed by atoms with van der Waals surface area (Å²) in [6.07, 6.45) is 0.546. The number of benzene rings is 2. The molecule has 2 aromatic carbocycles. The zero-order valence-corrected chi connectivity index (χ0v) is 14.3. The van der Waals surface area contributed by atoms with E-state index in [0.29, 0.717) is 13.0 Å². The fourth-order valence-electron chi connectivity index (χ4n) is 3.06. The first-order valence-corrected chi connectivity index (χ1v) is 8.22. The second-order valence-electron chi connectivity index (χ2n) is 6.41. The molecular formula is C20H22N2O2. The van der Waals surface area contributed by atoms with Crippen LogP contribution >= 0.6 is 0 Å². The average molecular weight is 322 g/mol. The molecule has 1 fully saturated rings. The third-order valence-electron chi connectivity index (χ3n) is 4.71. The molecule has 24 heavy (non-hydrogen) atoms. The smallest absolute Gasteiger partial charge is 0.239 e. The predicted octanol–water partition coefficient (Wildman–Crippen LogP) is 3.60. The summed E-state index contributed by atoms with van der Waals surface area (Å²) in [6, 6.07) is 13.5. The summed E-state index contributed by atoms with van der Waals surface area (Å²) in [4.78, 5) is 26.9. The van der Waals surface area contributed by atoms with Gasteiger partial charge < -0.3 is 10.2 Å². The van der Waals surface area contributed by atoms with Crippen molar-refractivity contribution in [2.45, 2.75) is 27.2 Å². The number of amides is 2. The summed E-state index contributed by atoms with van der Waals surface area (Å²) in [5.74, 6) is -0.962. The molecule has 1 atom stereocenters. The Morgan fingerprint density at radius 2 is 1.79 bits per heavy atom. The number of carbonyl (C=O) groups is 2. The molecule has 1 N–H and O–H groups in total. The highest BCUT2D eigenvalue weighted by Gasteiger charge is 2.38. The van der Waals surface area contributed by atoms with Crippen molar-refractivity contribution in [2.24, 2.45) is 5.92 Å². The second-order valence-corrected chi connectivity index (χ2v) is 6.41. The molecule has 1 aliphatic heterocycles. The van der Waals surface area contributed by atoms with Gasteiger partial charge in [0.05, 0.1) is 0 Å². The van der Waals surface area contributed by atoms with E-state index in [9.17, 15) is 9.59 Å². The Hall–Kier alpha value is -2.62. The predicted molar refractivity (Wildman–Crippen MR) is 96.2 cm³/mol. The minimum Gasteiger partial charge on any atom is -0.325 e. The SMILES string of the molecule is Cc1ccc(NC(=O)C2CCN(c3cccc(C)c3C)C2=O)cc1. The van der Waals surface area contributed by atoms with E-state index >= 15 is 0 Å². The second kappa shape index (κ2) is 6.48. The van der Waals surface area contributed by atoms with Crippen molar-refractivity contribution in [3.63, 3.8) is 0 Å². The highest BCUT2D eigenvalue weighted by atomic mass is 16.2. The molecule has 4 nitrogen and oxygen atoms in total. The molecule has 1 saturated heterocycles. The van der Waals surface area contributed by atoms with Crippen LogP contribution in [0.25, 0.3) is 0 Å². The Bertz CT molecular complexity index is 781. The lowest BCUT2D eigenvalue weighted by atomic mass is 10.1. The van der Waals surface area contributed by atoms with E-state index in [-0.39, 0.29) is 11.8 Å². The first kappa shape index (κ1) is 16.2. The number of nitrogens with zero attached hydrogens (tertiary/aromatic N) is 1. The van der Waals surface area contributed by atoms with Crippen LogP contribution in [0.4, 0.5) is 11.4 Å². The maximum absolute atomic E-state index is 12.7. The van der Waals surface area contributed by atoms with Crippen LogP contribution in [0, 0.1) is 26.7 Å². The fraction of sp³-hybridized carbons (Fsp3) is 0.300. The first-order chi connectivity index (χ1) is 11.5. The summed E-state index contributed by atoms with van der Waals surface area (Å²) in [7, 11) is 0. The van der Waals surface area contributed by atoms with E-state index in [1.807, 2.05) is 63.2 Å².